The maximum Gasteiger partial charge on any atom is 0.164 e. The van der Waals surface area contributed by atoms with E-state index in [9.17, 15) is 0 Å². The minimum absolute atomic E-state index is 0.637. The van der Waals surface area contributed by atoms with Gasteiger partial charge in [-0.1, -0.05) is 176 Å². The van der Waals surface area contributed by atoms with Crippen molar-refractivity contribution in [3.8, 4) is 67.7 Å². The fraction of sp³-hybridized carbons (Fsp3) is 0. The average Bonchev–Trinajstić information content (AvgIpc) is 3.26. The molecule has 0 N–H and O–H groups in total. The molecule has 2 heterocycles. The zero-order valence-electron chi connectivity index (χ0n) is 29.3. The topological polar surface area (TPSA) is 51.6 Å². The van der Waals surface area contributed by atoms with Crippen LogP contribution in [0.25, 0.3) is 100 Å². The Bertz CT molecular complexity index is 2900. The van der Waals surface area contributed by atoms with Gasteiger partial charge in [0, 0.05) is 33.0 Å². The number of para-hydroxylation sites is 1. The predicted octanol–water partition coefficient (Wildman–Crippen LogP) is 12.7. The third-order valence-corrected chi connectivity index (χ3v) is 10.1. The van der Waals surface area contributed by atoms with Crippen molar-refractivity contribution in [2.75, 3.05) is 0 Å². The predicted molar refractivity (Wildman–Crippen MR) is 223 cm³/mol. The molecule has 0 unspecified atom stereocenters. The summed E-state index contributed by atoms with van der Waals surface area (Å²) in [4.78, 5) is 19.9. The molecule has 10 aromatic rings. The summed E-state index contributed by atoms with van der Waals surface area (Å²) >= 11 is 0. The molecule has 0 saturated carbocycles. The van der Waals surface area contributed by atoms with E-state index in [0.29, 0.717) is 17.5 Å². The number of nitrogens with zero attached hydrogens (tertiary/aromatic N) is 4. The zero-order chi connectivity index (χ0) is 35.8. The summed E-state index contributed by atoms with van der Waals surface area (Å²) in [5, 5.41) is 5.93. The van der Waals surface area contributed by atoms with Crippen LogP contribution in [0, 0.1) is 0 Å². The lowest BCUT2D eigenvalue weighted by molar-refractivity contribution is 1.07. The van der Waals surface area contributed by atoms with Crippen molar-refractivity contribution in [3.63, 3.8) is 0 Å². The third-order valence-electron chi connectivity index (χ3n) is 10.1. The van der Waals surface area contributed by atoms with E-state index in [0.717, 1.165) is 55.5 Å². The number of fused-ring (bicyclic) bond motifs is 4. The second kappa shape index (κ2) is 13.4. The second-order valence-electron chi connectivity index (χ2n) is 13.5. The summed E-state index contributed by atoms with van der Waals surface area (Å²) in [5.41, 5.74) is 10.5. The maximum atomic E-state index is 5.15. The van der Waals surface area contributed by atoms with Gasteiger partial charge in [0.25, 0.3) is 0 Å². The van der Waals surface area contributed by atoms with Gasteiger partial charge in [-0.05, 0) is 56.6 Å². The number of benzene rings is 8. The van der Waals surface area contributed by atoms with Crippen LogP contribution in [0.2, 0.25) is 0 Å². The van der Waals surface area contributed by atoms with E-state index in [4.69, 9.17) is 19.9 Å². The Morgan fingerprint density at radius 3 is 1.19 bits per heavy atom. The SMILES string of the molecule is c1ccc(-c2nc(-c3ccccc3)nc(-c3ccc(-c4cc5ccccc5cc4-c4ccc(-c5nc6ccccc6c6ccccc56)cc4)cc3)n2)cc1. The highest BCUT2D eigenvalue weighted by Gasteiger charge is 2.15. The van der Waals surface area contributed by atoms with E-state index >= 15 is 0 Å². The van der Waals surface area contributed by atoms with Crippen LogP contribution in [0.4, 0.5) is 0 Å². The van der Waals surface area contributed by atoms with E-state index in [1.165, 1.54) is 27.1 Å². The van der Waals surface area contributed by atoms with Crippen molar-refractivity contribution in [2.24, 2.45) is 0 Å². The molecule has 0 aliphatic rings. The first-order valence-corrected chi connectivity index (χ1v) is 18.1. The lowest BCUT2D eigenvalue weighted by atomic mass is 9.90. The van der Waals surface area contributed by atoms with Gasteiger partial charge in [-0.3, -0.25) is 0 Å². The summed E-state index contributed by atoms with van der Waals surface area (Å²) in [5.74, 6) is 1.93. The molecule has 0 fully saturated rings. The molecule has 54 heavy (non-hydrogen) atoms. The molecule has 2 aromatic heterocycles. The van der Waals surface area contributed by atoms with Gasteiger partial charge < -0.3 is 0 Å². The van der Waals surface area contributed by atoms with Crippen LogP contribution >= 0.6 is 0 Å². The Hall–Kier alpha value is -7.30. The smallest absolute Gasteiger partial charge is 0.164 e. The molecule has 0 saturated heterocycles. The molecule has 0 amide bonds. The normalized spacial score (nSPS) is 11.3. The Kier molecular flexibility index (Phi) is 7.77. The summed E-state index contributed by atoms with van der Waals surface area (Å²) in [6.07, 6.45) is 0. The number of rotatable bonds is 6. The Labute approximate surface area is 313 Å². The molecule has 4 nitrogen and oxygen atoms in total. The quantitative estimate of drug-likeness (QED) is 0.163. The van der Waals surface area contributed by atoms with Crippen LogP contribution in [0.3, 0.4) is 0 Å². The monoisotopic (exact) mass is 688 g/mol. The van der Waals surface area contributed by atoms with Crippen LogP contribution in [-0.4, -0.2) is 19.9 Å². The molecular formula is C50H32N4. The van der Waals surface area contributed by atoms with Crippen molar-refractivity contribution < 1.29 is 0 Å². The van der Waals surface area contributed by atoms with Crippen LogP contribution < -0.4 is 0 Å². The Balaban J connectivity index is 1.06. The Morgan fingerprint density at radius 1 is 0.259 bits per heavy atom. The van der Waals surface area contributed by atoms with Crippen LogP contribution in [0.15, 0.2) is 194 Å². The first-order valence-electron chi connectivity index (χ1n) is 18.1. The molecule has 10 rings (SSSR count). The molecule has 0 atom stereocenters. The fourth-order valence-electron chi connectivity index (χ4n) is 7.39. The first kappa shape index (κ1) is 31.4. The molecule has 0 aliphatic heterocycles. The van der Waals surface area contributed by atoms with Crippen LogP contribution in [0.5, 0.6) is 0 Å². The Morgan fingerprint density at radius 2 is 0.648 bits per heavy atom. The lowest BCUT2D eigenvalue weighted by Crippen LogP contribution is -2.00. The van der Waals surface area contributed by atoms with Crippen molar-refractivity contribution in [2.45, 2.75) is 0 Å². The third kappa shape index (κ3) is 5.76. The molecule has 252 valence electrons. The molecule has 0 aliphatic carbocycles. The lowest BCUT2D eigenvalue weighted by Gasteiger charge is -2.15. The van der Waals surface area contributed by atoms with Gasteiger partial charge in [0.05, 0.1) is 11.2 Å². The minimum Gasteiger partial charge on any atom is -0.247 e. The van der Waals surface area contributed by atoms with Gasteiger partial charge in [0.15, 0.2) is 17.5 Å². The van der Waals surface area contributed by atoms with Crippen molar-refractivity contribution in [1.29, 1.82) is 0 Å². The van der Waals surface area contributed by atoms with E-state index < -0.39 is 0 Å². The average molecular weight is 689 g/mol. The van der Waals surface area contributed by atoms with E-state index in [1.54, 1.807) is 0 Å². The number of hydrogen-bond acceptors (Lipinski definition) is 4. The standard InChI is InChI=1S/C50H32N4/c1-3-13-36(14-4-1)48-52-49(37-15-5-2-6-16-37)54-50(53-48)38-29-25-34(26-30-38)45-32-40-18-8-7-17-39(40)31-44(45)33-23-27-35(28-24-33)47-43-21-10-9-19-41(43)42-20-11-12-22-46(42)51-47/h1-32H. The van der Waals surface area contributed by atoms with Crippen molar-refractivity contribution in [1.82, 2.24) is 19.9 Å². The molecular weight excluding hydrogens is 657 g/mol. The van der Waals surface area contributed by atoms with Gasteiger partial charge in [-0.15, -0.1) is 0 Å². The van der Waals surface area contributed by atoms with Crippen LogP contribution in [-0.2, 0) is 0 Å². The van der Waals surface area contributed by atoms with E-state index in [-0.39, 0.29) is 0 Å². The van der Waals surface area contributed by atoms with Crippen molar-refractivity contribution in [3.05, 3.63) is 194 Å². The molecule has 8 aromatic carbocycles. The molecule has 4 heteroatoms. The number of hydrogen-bond donors (Lipinski definition) is 0. The highest BCUT2D eigenvalue weighted by molar-refractivity contribution is 6.11. The maximum absolute atomic E-state index is 5.15. The van der Waals surface area contributed by atoms with Gasteiger partial charge >= 0.3 is 0 Å². The molecule has 0 radical (unpaired) electrons. The first-order chi connectivity index (χ1) is 26.7. The van der Waals surface area contributed by atoms with E-state index in [2.05, 4.69) is 133 Å². The van der Waals surface area contributed by atoms with Gasteiger partial charge in [0.2, 0.25) is 0 Å². The summed E-state index contributed by atoms with van der Waals surface area (Å²) in [7, 11) is 0. The van der Waals surface area contributed by atoms with E-state index in [1.807, 2.05) is 60.7 Å². The highest BCUT2D eigenvalue weighted by Crippen LogP contribution is 2.39. The minimum atomic E-state index is 0.637. The second-order valence-corrected chi connectivity index (χ2v) is 13.5. The number of pyridine rings is 1. The molecule has 0 spiro atoms. The number of aromatic nitrogens is 4. The largest absolute Gasteiger partial charge is 0.247 e. The van der Waals surface area contributed by atoms with Gasteiger partial charge in [0.1, 0.15) is 0 Å². The van der Waals surface area contributed by atoms with Crippen LogP contribution in [0.1, 0.15) is 0 Å². The summed E-state index contributed by atoms with van der Waals surface area (Å²) in [6, 6.07) is 67.7. The van der Waals surface area contributed by atoms with Gasteiger partial charge in [-0.25, -0.2) is 19.9 Å². The zero-order valence-corrected chi connectivity index (χ0v) is 29.3. The van der Waals surface area contributed by atoms with Crippen molar-refractivity contribution >= 4 is 32.4 Å². The highest BCUT2D eigenvalue weighted by atomic mass is 15.0. The fourth-order valence-corrected chi connectivity index (χ4v) is 7.39. The summed E-state index contributed by atoms with van der Waals surface area (Å²) < 4.78 is 0. The molecule has 0 bridgehead atoms. The summed E-state index contributed by atoms with van der Waals surface area (Å²) in [6.45, 7) is 0. The van der Waals surface area contributed by atoms with Gasteiger partial charge in [-0.2, -0.15) is 0 Å².